The zero-order valence-electron chi connectivity index (χ0n) is 9.13. The summed E-state index contributed by atoms with van der Waals surface area (Å²) < 4.78 is 0. The molecule has 0 radical (unpaired) electrons. The van der Waals surface area contributed by atoms with Crippen LogP contribution in [0.25, 0.3) is 0 Å². The minimum Gasteiger partial charge on any atom is -0.508 e. The van der Waals surface area contributed by atoms with Crippen LogP contribution in [0.4, 0.5) is 0 Å². The summed E-state index contributed by atoms with van der Waals surface area (Å²) >= 11 is 0. The first-order valence-electron chi connectivity index (χ1n) is 5.51. The van der Waals surface area contributed by atoms with Crippen LogP contribution < -0.4 is 0 Å². The van der Waals surface area contributed by atoms with Crippen molar-refractivity contribution in [3.63, 3.8) is 0 Å². The summed E-state index contributed by atoms with van der Waals surface area (Å²) in [6.07, 6.45) is 6.90. The Kier molecular flexibility index (Phi) is 3.54. The highest BCUT2D eigenvalue weighted by Gasteiger charge is 1.95. The largest absolute Gasteiger partial charge is 0.508 e. The molecule has 2 heteroatoms. The Morgan fingerprint density at radius 1 is 0.812 bits per heavy atom. The van der Waals surface area contributed by atoms with E-state index in [-0.39, 0.29) is 0 Å². The molecule has 0 unspecified atom stereocenters. The maximum atomic E-state index is 9.15. The summed E-state index contributed by atoms with van der Waals surface area (Å²) in [5, 5.41) is 9.15. The number of aromatic hydroxyl groups is 1. The molecule has 0 fully saturated rings. The Morgan fingerprint density at radius 2 is 1.38 bits per heavy atom. The van der Waals surface area contributed by atoms with E-state index < -0.39 is 0 Å². The highest BCUT2D eigenvalue weighted by atomic mass is 16.3. The fourth-order valence-electron chi connectivity index (χ4n) is 1.71. The van der Waals surface area contributed by atoms with Gasteiger partial charge in [-0.1, -0.05) is 12.1 Å². The standard InChI is InChI=1S/C14H15NO/c16-14-6-4-12(5-7-14)2-1-3-13-8-10-15-11-9-13/h4-11,16H,1-3H2. The SMILES string of the molecule is Oc1ccc(CCCc2ccncc2)cc1. The number of hydrogen-bond donors (Lipinski definition) is 1. The van der Waals surface area contributed by atoms with Gasteiger partial charge in [0.05, 0.1) is 0 Å². The van der Waals surface area contributed by atoms with Gasteiger partial charge in [-0.25, -0.2) is 0 Å². The fourth-order valence-corrected chi connectivity index (χ4v) is 1.71. The number of pyridine rings is 1. The summed E-state index contributed by atoms with van der Waals surface area (Å²) in [7, 11) is 0. The van der Waals surface area contributed by atoms with Gasteiger partial charge in [0.1, 0.15) is 5.75 Å². The van der Waals surface area contributed by atoms with E-state index in [9.17, 15) is 0 Å². The topological polar surface area (TPSA) is 33.1 Å². The number of benzene rings is 1. The van der Waals surface area contributed by atoms with Gasteiger partial charge in [-0.2, -0.15) is 0 Å². The molecule has 2 aromatic rings. The van der Waals surface area contributed by atoms with Crippen molar-refractivity contribution in [2.75, 3.05) is 0 Å². The second-order valence-corrected chi connectivity index (χ2v) is 3.88. The van der Waals surface area contributed by atoms with E-state index in [1.807, 2.05) is 24.5 Å². The first-order chi connectivity index (χ1) is 7.84. The van der Waals surface area contributed by atoms with E-state index in [0.29, 0.717) is 5.75 Å². The van der Waals surface area contributed by atoms with Crippen LogP contribution in [-0.2, 0) is 12.8 Å². The van der Waals surface area contributed by atoms with Crippen LogP contribution >= 0.6 is 0 Å². The predicted octanol–water partition coefficient (Wildman–Crippen LogP) is 2.96. The minimum atomic E-state index is 0.331. The van der Waals surface area contributed by atoms with Gasteiger partial charge in [-0.3, -0.25) is 4.98 Å². The lowest BCUT2D eigenvalue weighted by molar-refractivity contribution is 0.475. The normalized spacial score (nSPS) is 10.2. The number of nitrogens with zero attached hydrogens (tertiary/aromatic N) is 1. The van der Waals surface area contributed by atoms with Crippen molar-refractivity contribution in [3.8, 4) is 5.75 Å². The molecule has 1 heterocycles. The summed E-state index contributed by atoms with van der Waals surface area (Å²) in [4.78, 5) is 3.99. The molecule has 1 aromatic carbocycles. The quantitative estimate of drug-likeness (QED) is 0.847. The smallest absolute Gasteiger partial charge is 0.115 e. The van der Waals surface area contributed by atoms with E-state index >= 15 is 0 Å². The Balaban J connectivity index is 1.82. The lowest BCUT2D eigenvalue weighted by atomic mass is 10.0. The molecular weight excluding hydrogens is 198 g/mol. The summed E-state index contributed by atoms with van der Waals surface area (Å²) in [6, 6.07) is 11.5. The number of aryl methyl sites for hydroxylation is 2. The molecule has 82 valence electrons. The van der Waals surface area contributed by atoms with Gasteiger partial charge in [-0.05, 0) is 54.7 Å². The highest BCUT2D eigenvalue weighted by Crippen LogP contribution is 2.12. The second kappa shape index (κ2) is 5.31. The lowest BCUT2D eigenvalue weighted by Gasteiger charge is -2.02. The van der Waals surface area contributed by atoms with Crippen LogP contribution in [0.5, 0.6) is 5.75 Å². The predicted molar refractivity (Wildman–Crippen MR) is 64.4 cm³/mol. The van der Waals surface area contributed by atoms with Gasteiger partial charge < -0.3 is 5.11 Å². The van der Waals surface area contributed by atoms with Gasteiger partial charge in [0, 0.05) is 12.4 Å². The van der Waals surface area contributed by atoms with Crippen molar-refractivity contribution in [2.24, 2.45) is 0 Å². The molecule has 2 rings (SSSR count). The van der Waals surface area contributed by atoms with Gasteiger partial charge in [0.2, 0.25) is 0 Å². The minimum absolute atomic E-state index is 0.331. The van der Waals surface area contributed by atoms with Gasteiger partial charge in [0.25, 0.3) is 0 Å². The first-order valence-corrected chi connectivity index (χ1v) is 5.51. The molecule has 16 heavy (non-hydrogen) atoms. The average molecular weight is 213 g/mol. The molecule has 0 spiro atoms. The number of rotatable bonds is 4. The summed E-state index contributed by atoms with van der Waals surface area (Å²) in [5.74, 6) is 0.331. The average Bonchev–Trinajstić information content (AvgIpc) is 2.33. The summed E-state index contributed by atoms with van der Waals surface area (Å²) in [5.41, 5.74) is 2.60. The number of phenolic OH excluding ortho intramolecular Hbond substituents is 1. The maximum Gasteiger partial charge on any atom is 0.115 e. The maximum absolute atomic E-state index is 9.15. The Bertz CT molecular complexity index is 422. The third kappa shape index (κ3) is 3.09. The molecule has 1 N–H and O–H groups in total. The molecule has 0 aliphatic heterocycles. The fraction of sp³-hybridized carbons (Fsp3) is 0.214. The molecule has 0 atom stereocenters. The van der Waals surface area contributed by atoms with Gasteiger partial charge in [-0.15, -0.1) is 0 Å². The van der Waals surface area contributed by atoms with Crippen LogP contribution in [0.2, 0.25) is 0 Å². The van der Waals surface area contributed by atoms with Gasteiger partial charge in [0.15, 0.2) is 0 Å². The number of hydrogen-bond acceptors (Lipinski definition) is 2. The molecule has 0 saturated heterocycles. The van der Waals surface area contributed by atoms with Crippen molar-refractivity contribution in [1.29, 1.82) is 0 Å². The zero-order valence-corrected chi connectivity index (χ0v) is 9.13. The van der Waals surface area contributed by atoms with E-state index in [4.69, 9.17) is 5.11 Å². The third-order valence-corrected chi connectivity index (χ3v) is 2.62. The second-order valence-electron chi connectivity index (χ2n) is 3.88. The lowest BCUT2D eigenvalue weighted by Crippen LogP contribution is -1.89. The van der Waals surface area contributed by atoms with E-state index in [2.05, 4.69) is 17.1 Å². The van der Waals surface area contributed by atoms with Crippen molar-refractivity contribution in [2.45, 2.75) is 19.3 Å². The van der Waals surface area contributed by atoms with Crippen LogP contribution in [0, 0.1) is 0 Å². The number of aromatic nitrogens is 1. The van der Waals surface area contributed by atoms with Crippen molar-refractivity contribution < 1.29 is 5.11 Å². The van der Waals surface area contributed by atoms with Crippen LogP contribution in [0.1, 0.15) is 17.5 Å². The molecular formula is C14H15NO. The highest BCUT2D eigenvalue weighted by molar-refractivity contribution is 5.26. The molecule has 0 amide bonds. The first kappa shape index (κ1) is 10.7. The van der Waals surface area contributed by atoms with Crippen molar-refractivity contribution in [3.05, 3.63) is 59.9 Å². The Hall–Kier alpha value is -1.83. The molecule has 0 aliphatic rings. The van der Waals surface area contributed by atoms with Crippen molar-refractivity contribution >= 4 is 0 Å². The molecule has 0 bridgehead atoms. The summed E-state index contributed by atoms with van der Waals surface area (Å²) in [6.45, 7) is 0. The van der Waals surface area contributed by atoms with Crippen LogP contribution in [-0.4, -0.2) is 10.1 Å². The van der Waals surface area contributed by atoms with Crippen molar-refractivity contribution in [1.82, 2.24) is 4.98 Å². The van der Waals surface area contributed by atoms with E-state index in [1.54, 1.807) is 12.1 Å². The molecule has 1 aromatic heterocycles. The Morgan fingerprint density at radius 3 is 2.00 bits per heavy atom. The molecule has 2 nitrogen and oxygen atoms in total. The monoisotopic (exact) mass is 213 g/mol. The molecule has 0 saturated carbocycles. The van der Waals surface area contributed by atoms with E-state index in [1.165, 1.54) is 11.1 Å². The third-order valence-electron chi connectivity index (χ3n) is 2.62. The molecule has 0 aliphatic carbocycles. The Labute approximate surface area is 95.6 Å². The van der Waals surface area contributed by atoms with Gasteiger partial charge >= 0.3 is 0 Å². The number of phenols is 1. The van der Waals surface area contributed by atoms with E-state index in [0.717, 1.165) is 19.3 Å². The zero-order chi connectivity index (χ0) is 11.2. The van der Waals surface area contributed by atoms with Crippen LogP contribution in [0.15, 0.2) is 48.8 Å². The van der Waals surface area contributed by atoms with Crippen LogP contribution in [0.3, 0.4) is 0 Å².